The average molecular weight is 382 g/mol. The minimum absolute atomic E-state index is 0.0573. The molecule has 0 atom stereocenters. The molecule has 0 spiro atoms. The van der Waals surface area contributed by atoms with Gasteiger partial charge in [0.15, 0.2) is 0 Å². The lowest BCUT2D eigenvalue weighted by atomic mass is 10.2. The number of hydrogen-bond donors (Lipinski definition) is 0. The highest BCUT2D eigenvalue weighted by atomic mass is 32.1. The highest BCUT2D eigenvalue weighted by Gasteiger charge is 2.07. The van der Waals surface area contributed by atoms with Crippen LogP contribution in [0.4, 0.5) is 0 Å². The first-order chi connectivity index (χ1) is 13.0. The van der Waals surface area contributed by atoms with Gasteiger partial charge < -0.3 is 9.64 Å². The summed E-state index contributed by atoms with van der Waals surface area (Å²) in [6.45, 7) is 2.96. The summed E-state index contributed by atoms with van der Waals surface area (Å²) in [4.78, 5) is 18.3. The van der Waals surface area contributed by atoms with Gasteiger partial charge in [-0.05, 0) is 30.7 Å². The van der Waals surface area contributed by atoms with Gasteiger partial charge in [-0.1, -0.05) is 12.1 Å². The van der Waals surface area contributed by atoms with Crippen LogP contribution in [0.25, 0.3) is 6.08 Å². The second kappa shape index (κ2) is 8.64. The Kier molecular flexibility index (Phi) is 6.03. The van der Waals surface area contributed by atoms with Crippen LogP contribution < -0.4 is 4.74 Å². The van der Waals surface area contributed by atoms with Gasteiger partial charge in [0, 0.05) is 43.9 Å². The second-order valence-corrected chi connectivity index (χ2v) is 7.33. The zero-order valence-electron chi connectivity index (χ0n) is 15.6. The third kappa shape index (κ3) is 5.52. The van der Waals surface area contributed by atoms with Crippen molar-refractivity contribution in [3.05, 3.63) is 69.9 Å². The lowest BCUT2D eigenvalue weighted by molar-refractivity contribution is -0.125. The Morgan fingerprint density at radius 1 is 1.33 bits per heavy atom. The molecule has 3 aromatic rings. The van der Waals surface area contributed by atoms with Gasteiger partial charge in [-0.25, -0.2) is 4.98 Å². The molecule has 0 radical (unpaired) electrons. The molecular weight excluding hydrogens is 360 g/mol. The van der Waals surface area contributed by atoms with Crippen LogP contribution in [0, 0.1) is 6.92 Å². The average Bonchev–Trinajstić information content (AvgIpc) is 3.26. The van der Waals surface area contributed by atoms with Crippen molar-refractivity contribution in [2.24, 2.45) is 7.05 Å². The van der Waals surface area contributed by atoms with Gasteiger partial charge in [-0.15, -0.1) is 11.3 Å². The predicted molar refractivity (Wildman–Crippen MR) is 106 cm³/mol. The Morgan fingerprint density at radius 3 is 2.74 bits per heavy atom. The molecule has 0 aliphatic rings. The summed E-state index contributed by atoms with van der Waals surface area (Å²) >= 11 is 1.61. The van der Waals surface area contributed by atoms with Crippen molar-refractivity contribution in [2.75, 3.05) is 7.05 Å². The largest absolute Gasteiger partial charge is 0.487 e. The number of carbonyl (C=O) groups excluding carboxylic acids is 1. The fraction of sp³-hybridized carbons (Fsp3) is 0.250. The number of thiazole rings is 1. The SMILES string of the molecule is Cc1nc(COc2ccc(/C=C/C(=O)N(C)Cc3cnn(C)c3)cc2)cs1. The van der Waals surface area contributed by atoms with Crippen LogP contribution in [-0.2, 0) is 25.0 Å². The van der Waals surface area contributed by atoms with Gasteiger partial charge >= 0.3 is 0 Å². The topological polar surface area (TPSA) is 60.2 Å². The molecule has 7 heteroatoms. The van der Waals surface area contributed by atoms with Crippen molar-refractivity contribution >= 4 is 23.3 Å². The molecule has 27 heavy (non-hydrogen) atoms. The van der Waals surface area contributed by atoms with Gasteiger partial charge in [0.25, 0.3) is 0 Å². The van der Waals surface area contributed by atoms with E-state index in [1.807, 2.05) is 49.8 Å². The fourth-order valence-corrected chi connectivity index (χ4v) is 3.10. The van der Waals surface area contributed by atoms with E-state index in [-0.39, 0.29) is 5.91 Å². The minimum Gasteiger partial charge on any atom is -0.487 e. The molecular formula is C20H22N4O2S. The number of amides is 1. The van der Waals surface area contributed by atoms with Crippen molar-refractivity contribution < 1.29 is 9.53 Å². The Bertz CT molecular complexity index is 928. The van der Waals surface area contributed by atoms with Crippen molar-refractivity contribution in [3.8, 4) is 5.75 Å². The molecule has 1 amide bonds. The fourth-order valence-electron chi connectivity index (χ4n) is 2.51. The second-order valence-electron chi connectivity index (χ2n) is 6.27. The smallest absolute Gasteiger partial charge is 0.246 e. The molecule has 0 saturated heterocycles. The van der Waals surface area contributed by atoms with E-state index in [1.54, 1.807) is 46.3 Å². The molecule has 3 rings (SSSR count). The number of nitrogens with zero attached hydrogens (tertiary/aromatic N) is 4. The maximum absolute atomic E-state index is 12.2. The summed E-state index contributed by atoms with van der Waals surface area (Å²) < 4.78 is 7.45. The first kappa shape index (κ1) is 18.8. The molecule has 140 valence electrons. The Labute approximate surface area is 162 Å². The Morgan fingerprint density at radius 2 is 2.11 bits per heavy atom. The Balaban J connectivity index is 1.51. The van der Waals surface area contributed by atoms with Crippen LogP contribution in [0.3, 0.4) is 0 Å². The molecule has 0 unspecified atom stereocenters. The predicted octanol–water partition coefficient (Wildman–Crippen LogP) is 3.44. The number of aromatic nitrogens is 3. The number of hydrogen-bond acceptors (Lipinski definition) is 5. The monoisotopic (exact) mass is 382 g/mol. The number of carbonyl (C=O) groups is 1. The van der Waals surface area contributed by atoms with Crippen LogP contribution >= 0.6 is 11.3 Å². The molecule has 1 aromatic carbocycles. The summed E-state index contributed by atoms with van der Waals surface area (Å²) in [5, 5.41) is 7.15. The molecule has 0 aliphatic carbocycles. The highest BCUT2D eigenvalue weighted by Crippen LogP contribution is 2.16. The van der Waals surface area contributed by atoms with E-state index in [0.29, 0.717) is 13.2 Å². The van der Waals surface area contributed by atoms with E-state index in [4.69, 9.17) is 4.74 Å². The van der Waals surface area contributed by atoms with Crippen LogP contribution in [0.2, 0.25) is 0 Å². The van der Waals surface area contributed by atoms with Crippen molar-refractivity contribution in [2.45, 2.75) is 20.1 Å². The molecule has 2 aromatic heterocycles. The zero-order valence-corrected chi connectivity index (χ0v) is 16.4. The van der Waals surface area contributed by atoms with E-state index in [1.165, 1.54) is 0 Å². The molecule has 2 heterocycles. The molecule has 0 fully saturated rings. The van der Waals surface area contributed by atoms with Crippen LogP contribution in [0.15, 0.2) is 48.1 Å². The van der Waals surface area contributed by atoms with E-state index in [2.05, 4.69) is 10.1 Å². The van der Waals surface area contributed by atoms with Gasteiger partial charge in [0.1, 0.15) is 12.4 Å². The first-order valence-electron chi connectivity index (χ1n) is 8.54. The van der Waals surface area contributed by atoms with Gasteiger partial charge in [-0.2, -0.15) is 5.10 Å². The molecule has 6 nitrogen and oxygen atoms in total. The number of rotatable bonds is 7. The molecule has 0 aliphatic heterocycles. The van der Waals surface area contributed by atoms with Gasteiger partial charge in [0.2, 0.25) is 5.91 Å². The van der Waals surface area contributed by atoms with Crippen molar-refractivity contribution in [1.82, 2.24) is 19.7 Å². The first-order valence-corrected chi connectivity index (χ1v) is 9.42. The van der Waals surface area contributed by atoms with Crippen LogP contribution in [-0.4, -0.2) is 32.6 Å². The molecule has 0 bridgehead atoms. The van der Waals surface area contributed by atoms with Crippen molar-refractivity contribution in [1.29, 1.82) is 0 Å². The van der Waals surface area contributed by atoms with E-state index in [9.17, 15) is 4.79 Å². The van der Waals surface area contributed by atoms with Crippen LogP contribution in [0.5, 0.6) is 5.75 Å². The number of likely N-dealkylation sites (N-methyl/N-ethyl adjacent to an activating group) is 1. The summed E-state index contributed by atoms with van der Waals surface area (Å²) in [6, 6.07) is 7.63. The summed E-state index contributed by atoms with van der Waals surface area (Å²) in [7, 11) is 3.63. The van der Waals surface area contributed by atoms with Crippen LogP contribution in [0.1, 0.15) is 21.8 Å². The van der Waals surface area contributed by atoms with E-state index < -0.39 is 0 Å². The normalized spacial score (nSPS) is 11.1. The van der Waals surface area contributed by atoms with Gasteiger partial charge in [0.05, 0.1) is 16.9 Å². The number of benzene rings is 1. The lowest BCUT2D eigenvalue weighted by Gasteiger charge is -2.13. The maximum Gasteiger partial charge on any atom is 0.246 e. The molecule has 0 N–H and O–H groups in total. The lowest BCUT2D eigenvalue weighted by Crippen LogP contribution is -2.23. The van der Waals surface area contributed by atoms with Crippen molar-refractivity contribution in [3.63, 3.8) is 0 Å². The summed E-state index contributed by atoms with van der Waals surface area (Å²) in [5.74, 6) is 0.718. The molecule has 0 saturated carbocycles. The van der Waals surface area contributed by atoms with Gasteiger partial charge in [-0.3, -0.25) is 9.48 Å². The standard InChI is InChI=1S/C20H22N4O2S/c1-15-22-18(14-27-15)13-26-19-7-4-16(5-8-19)6-9-20(25)23(2)11-17-10-21-24(3)12-17/h4-10,12,14H,11,13H2,1-3H3/b9-6+. The highest BCUT2D eigenvalue weighted by molar-refractivity contribution is 7.09. The Hall–Kier alpha value is -2.93. The maximum atomic E-state index is 12.2. The third-order valence-corrected chi connectivity index (χ3v) is 4.73. The number of aryl methyl sites for hydroxylation is 2. The third-order valence-electron chi connectivity index (χ3n) is 3.91. The minimum atomic E-state index is -0.0573. The van der Waals surface area contributed by atoms with E-state index >= 15 is 0 Å². The summed E-state index contributed by atoms with van der Waals surface area (Å²) in [6.07, 6.45) is 7.04. The summed E-state index contributed by atoms with van der Waals surface area (Å²) in [5.41, 5.74) is 2.87. The quantitative estimate of drug-likeness (QED) is 0.588. The zero-order chi connectivity index (χ0) is 19.2. The number of ether oxygens (including phenoxy) is 1. The van der Waals surface area contributed by atoms with E-state index in [0.717, 1.165) is 27.6 Å².